The molecule has 0 spiro atoms. The summed E-state index contributed by atoms with van der Waals surface area (Å²) in [7, 11) is 1.59. The summed E-state index contributed by atoms with van der Waals surface area (Å²) in [5, 5.41) is 7.99. The first-order valence-electron chi connectivity index (χ1n) is 9.05. The summed E-state index contributed by atoms with van der Waals surface area (Å²) >= 11 is 0. The number of nitrogens with one attached hydrogen (secondary N) is 1. The van der Waals surface area contributed by atoms with Crippen LogP contribution >= 0.6 is 0 Å². The summed E-state index contributed by atoms with van der Waals surface area (Å²) in [6.45, 7) is 5.62. The van der Waals surface area contributed by atoms with Gasteiger partial charge in [0.1, 0.15) is 34.8 Å². The highest BCUT2D eigenvalue weighted by molar-refractivity contribution is 5.96. The smallest absolute Gasteiger partial charge is 0.251 e. The average molecular weight is 393 g/mol. The number of nitrogens with zero attached hydrogens (tertiary/aromatic N) is 4. The predicted octanol–water partition coefficient (Wildman–Crippen LogP) is 4.48. The molecule has 0 aliphatic rings. The first kappa shape index (κ1) is 18.8. The van der Waals surface area contributed by atoms with E-state index < -0.39 is 5.54 Å². The molecule has 2 aromatic carbocycles. The molecule has 1 N–H and O–H groups in total. The average Bonchev–Trinajstić information content (AvgIpc) is 3.15. The number of ether oxygens (including phenoxy) is 1. The van der Waals surface area contributed by atoms with E-state index in [2.05, 4.69) is 25.4 Å². The van der Waals surface area contributed by atoms with E-state index in [9.17, 15) is 4.39 Å². The normalized spacial score (nSPS) is 11.6. The Hall–Kier alpha value is -3.55. The Bertz CT molecular complexity index is 1170. The third kappa shape index (κ3) is 3.61. The second-order valence-electron chi connectivity index (χ2n) is 7.20. The monoisotopic (exact) mass is 393 g/mol. The van der Waals surface area contributed by atoms with Crippen LogP contribution in [0.25, 0.3) is 22.0 Å². The number of methoxy groups -OCH3 is 1. The molecule has 0 amide bonds. The minimum atomic E-state index is -0.665. The minimum absolute atomic E-state index is 0.288. The van der Waals surface area contributed by atoms with Gasteiger partial charge >= 0.3 is 0 Å². The number of fused-ring (bicyclic) bond motifs is 1. The second kappa shape index (κ2) is 7.12. The van der Waals surface area contributed by atoms with Crippen molar-refractivity contribution in [1.82, 2.24) is 20.1 Å². The number of halogens is 1. The Kier molecular flexibility index (Phi) is 4.62. The van der Waals surface area contributed by atoms with Gasteiger partial charge in [-0.3, -0.25) is 0 Å². The Morgan fingerprint density at radius 3 is 2.48 bits per heavy atom. The van der Waals surface area contributed by atoms with Crippen LogP contribution in [0, 0.1) is 12.7 Å². The van der Waals surface area contributed by atoms with Crippen LogP contribution in [0.5, 0.6) is 5.75 Å². The first-order chi connectivity index (χ1) is 13.9. The lowest BCUT2D eigenvalue weighted by molar-refractivity contribution is 0.324. The van der Waals surface area contributed by atoms with E-state index in [0.717, 1.165) is 16.5 Å². The van der Waals surface area contributed by atoms with Gasteiger partial charge in [-0.15, -0.1) is 0 Å². The highest BCUT2D eigenvalue weighted by Crippen LogP contribution is 2.35. The van der Waals surface area contributed by atoms with Gasteiger partial charge in [0.25, 0.3) is 5.89 Å². The molecule has 0 radical (unpaired) electrons. The Morgan fingerprint density at radius 1 is 1.07 bits per heavy atom. The molecule has 0 unspecified atom stereocenters. The van der Waals surface area contributed by atoms with Crippen molar-refractivity contribution in [2.75, 3.05) is 12.4 Å². The van der Waals surface area contributed by atoms with E-state index in [-0.39, 0.29) is 5.82 Å². The number of aryl methyl sites for hydroxylation is 1. The summed E-state index contributed by atoms with van der Waals surface area (Å²) in [6, 6.07) is 10.1. The first-order valence-corrected chi connectivity index (χ1v) is 9.05. The minimum Gasteiger partial charge on any atom is -0.494 e. The van der Waals surface area contributed by atoms with Gasteiger partial charge in [-0.25, -0.2) is 14.4 Å². The molecule has 0 aliphatic carbocycles. The van der Waals surface area contributed by atoms with Crippen LogP contribution in [-0.4, -0.2) is 27.2 Å². The van der Waals surface area contributed by atoms with Crippen LogP contribution in [0.2, 0.25) is 0 Å². The lowest BCUT2D eigenvalue weighted by Crippen LogP contribution is -2.29. The van der Waals surface area contributed by atoms with E-state index in [1.54, 1.807) is 26.2 Å². The van der Waals surface area contributed by atoms with E-state index in [0.29, 0.717) is 28.8 Å². The fourth-order valence-electron chi connectivity index (χ4n) is 3.10. The summed E-state index contributed by atoms with van der Waals surface area (Å²) in [5.41, 5.74) is 1.71. The summed E-state index contributed by atoms with van der Waals surface area (Å²) < 4.78 is 24.2. The third-order valence-electron chi connectivity index (χ3n) is 4.59. The lowest BCUT2D eigenvalue weighted by atomic mass is 10.0. The van der Waals surface area contributed by atoms with Crippen LogP contribution in [0.3, 0.4) is 0 Å². The molecule has 0 saturated heterocycles. The van der Waals surface area contributed by atoms with Gasteiger partial charge in [0.2, 0.25) is 0 Å². The van der Waals surface area contributed by atoms with Gasteiger partial charge in [0, 0.05) is 5.39 Å². The predicted molar refractivity (Wildman–Crippen MR) is 107 cm³/mol. The fourth-order valence-corrected chi connectivity index (χ4v) is 3.10. The van der Waals surface area contributed by atoms with Gasteiger partial charge in [0.05, 0.1) is 7.11 Å². The van der Waals surface area contributed by atoms with Crippen molar-refractivity contribution < 1.29 is 13.7 Å². The van der Waals surface area contributed by atoms with Crippen molar-refractivity contribution in [2.24, 2.45) is 0 Å². The van der Waals surface area contributed by atoms with Crippen molar-refractivity contribution in [3.05, 3.63) is 60.3 Å². The molecule has 4 rings (SSSR count). The van der Waals surface area contributed by atoms with Gasteiger partial charge in [0.15, 0.2) is 5.82 Å². The quantitative estimate of drug-likeness (QED) is 0.535. The maximum atomic E-state index is 13.3. The maximum absolute atomic E-state index is 13.3. The molecule has 4 aromatic rings. The number of benzene rings is 2. The molecule has 29 heavy (non-hydrogen) atoms. The molecule has 148 valence electrons. The lowest BCUT2D eigenvalue weighted by Gasteiger charge is -2.23. The number of anilines is 1. The highest BCUT2D eigenvalue weighted by atomic mass is 19.1. The Morgan fingerprint density at radius 2 is 1.83 bits per heavy atom. The molecule has 7 nitrogen and oxygen atoms in total. The molecule has 2 aromatic heterocycles. The van der Waals surface area contributed by atoms with Crippen molar-refractivity contribution in [3.8, 4) is 16.9 Å². The molecule has 0 saturated carbocycles. The van der Waals surface area contributed by atoms with Crippen molar-refractivity contribution >= 4 is 16.7 Å². The summed E-state index contributed by atoms with van der Waals surface area (Å²) in [5.74, 6) is 1.91. The van der Waals surface area contributed by atoms with Crippen molar-refractivity contribution in [2.45, 2.75) is 26.3 Å². The number of hydrogen-bond donors (Lipinski definition) is 1. The third-order valence-corrected chi connectivity index (χ3v) is 4.59. The summed E-state index contributed by atoms with van der Waals surface area (Å²) in [4.78, 5) is 13.1. The highest BCUT2D eigenvalue weighted by Gasteiger charge is 2.28. The fraction of sp³-hybridized carbons (Fsp3) is 0.238. The van der Waals surface area contributed by atoms with Gasteiger partial charge in [-0.05, 0) is 56.2 Å². The van der Waals surface area contributed by atoms with E-state index >= 15 is 0 Å². The molecule has 0 atom stereocenters. The molecule has 2 heterocycles. The van der Waals surface area contributed by atoms with Crippen LogP contribution in [0.15, 0.2) is 47.2 Å². The molecule has 0 bridgehead atoms. The van der Waals surface area contributed by atoms with Gasteiger partial charge in [-0.1, -0.05) is 17.3 Å². The van der Waals surface area contributed by atoms with Crippen LogP contribution in [0.1, 0.15) is 25.6 Å². The standard InChI is InChI=1S/C21H20FN5O2/c1-12-25-20(29-27-12)21(2,3)26-19-16-9-14(13-5-7-15(22)8-6-13)10-17(28-4)18(16)23-11-24-19/h5-11H,1-4H3,(H,23,24,26). The van der Waals surface area contributed by atoms with Crippen molar-refractivity contribution in [3.63, 3.8) is 0 Å². The molecule has 0 aliphatic heterocycles. The van der Waals surface area contributed by atoms with E-state index in [1.807, 2.05) is 26.0 Å². The van der Waals surface area contributed by atoms with Crippen molar-refractivity contribution in [1.29, 1.82) is 0 Å². The zero-order valence-corrected chi connectivity index (χ0v) is 16.5. The summed E-state index contributed by atoms with van der Waals surface area (Å²) in [6.07, 6.45) is 1.47. The van der Waals surface area contributed by atoms with Crippen LogP contribution < -0.4 is 10.1 Å². The molecule has 0 fully saturated rings. The topological polar surface area (TPSA) is 86.0 Å². The van der Waals surface area contributed by atoms with E-state index in [1.165, 1.54) is 18.5 Å². The Balaban J connectivity index is 1.84. The van der Waals surface area contributed by atoms with Crippen LogP contribution in [0.4, 0.5) is 10.2 Å². The second-order valence-corrected chi connectivity index (χ2v) is 7.20. The SMILES string of the molecule is COc1cc(-c2ccc(F)cc2)cc2c(NC(C)(C)c3nc(C)no3)ncnc12. The molecule has 8 heteroatoms. The number of hydrogen-bond acceptors (Lipinski definition) is 7. The van der Waals surface area contributed by atoms with Gasteiger partial charge in [-0.2, -0.15) is 4.98 Å². The molecular formula is C21H20FN5O2. The molecular weight excluding hydrogens is 373 g/mol. The zero-order valence-electron chi connectivity index (χ0n) is 16.5. The maximum Gasteiger partial charge on any atom is 0.251 e. The number of aromatic nitrogens is 4. The van der Waals surface area contributed by atoms with Gasteiger partial charge < -0.3 is 14.6 Å². The Labute approximate surface area is 167 Å². The zero-order chi connectivity index (χ0) is 20.6. The van der Waals surface area contributed by atoms with Crippen LogP contribution in [-0.2, 0) is 5.54 Å². The van der Waals surface area contributed by atoms with E-state index in [4.69, 9.17) is 9.26 Å². The largest absolute Gasteiger partial charge is 0.494 e. The number of rotatable bonds is 5.